The van der Waals surface area contributed by atoms with E-state index in [0.717, 1.165) is 6.54 Å². The number of anilines is 1. The highest BCUT2D eigenvalue weighted by Gasteiger charge is 1.94. The molecule has 0 amide bonds. The third-order valence-electron chi connectivity index (χ3n) is 1.80. The molecule has 1 rings (SSSR count). The van der Waals surface area contributed by atoms with Gasteiger partial charge in [-0.05, 0) is 36.4 Å². The summed E-state index contributed by atoms with van der Waals surface area (Å²) >= 11 is 1.77. The Morgan fingerprint density at radius 1 is 1.23 bits per heavy atom. The van der Waals surface area contributed by atoms with E-state index in [1.165, 1.54) is 10.6 Å². The fourth-order valence-electron chi connectivity index (χ4n) is 1.03. The Kier molecular flexibility index (Phi) is 4.16. The maximum atomic E-state index is 3.39. The summed E-state index contributed by atoms with van der Waals surface area (Å²) in [5.41, 5.74) is 1.21. The first-order chi connectivity index (χ1) is 6.22. The minimum absolute atomic E-state index is 0.695. The van der Waals surface area contributed by atoms with Crippen LogP contribution in [0.1, 0.15) is 13.8 Å². The highest BCUT2D eigenvalue weighted by molar-refractivity contribution is 7.98. The van der Waals surface area contributed by atoms with Crippen LogP contribution in [0.5, 0.6) is 0 Å². The van der Waals surface area contributed by atoms with Crippen LogP contribution >= 0.6 is 11.8 Å². The van der Waals surface area contributed by atoms with Gasteiger partial charge >= 0.3 is 0 Å². The average Bonchev–Trinajstić information content (AvgIpc) is 2.15. The van der Waals surface area contributed by atoms with E-state index < -0.39 is 0 Å². The van der Waals surface area contributed by atoms with Crippen LogP contribution < -0.4 is 5.32 Å². The Bertz CT molecular complexity index is 241. The Balaban J connectivity index is 2.49. The molecule has 0 bridgehead atoms. The van der Waals surface area contributed by atoms with E-state index in [2.05, 4.69) is 49.7 Å². The molecule has 0 atom stereocenters. The molecule has 0 heterocycles. The van der Waals surface area contributed by atoms with Crippen molar-refractivity contribution in [2.75, 3.05) is 18.1 Å². The maximum Gasteiger partial charge on any atom is 0.0341 e. The lowest BCUT2D eigenvalue weighted by molar-refractivity contribution is 0.689. The third-order valence-corrected chi connectivity index (χ3v) is 2.55. The van der Waals surface area contributed by atoms with Gasteiger partial charge in [0.15, 0.2) is 0 Å². The molecule has 0 aliphatic heterocycles. The highest BCUT2D eigenvalue weighted by Crippen LogP contribution is 2.17. The van der Waals surface area contributed by atoms with Crippen molar-refractivity contribution in [3.63, 3.8) is 0 Å². The smallest absolute Gasteiger partial charge is 0.0341 e. The van der Waals surface area contributed by atoms with Crippen molar-refractivity contribution in [1.82, 2.24) is 0 Å². The molecule has 0 aliphatic carbocycles. The first kappa shape index (κ1) is 10.5. The van der Waals surface area contributed by atoms with Crippen molar-refractivity contribution in [2.24, 2.45) is 5.92 Å². The second kappa shape index (κ2) is 5.18. The normalized spacial score (nSPS) is 10.5. The van der Waals surface area contributed by atoms with Crippen LogP contribution in [0.15, 0.2) is 29.2 Å². The Hall–Kier alpha value is -0.630. The molecule has 0 radical (unpaired) electrons. The number of rotatable bonds is 4. The highest BCUT2D eigenvalue weighted by atomic mass is 32.2. The molecular weight excluding hydrogens is 178 g/mol. The molecular formula is C11H17NS. The van der Waals surface area contributed by atoms with Gasteiger partial charge in [0.1, 0.15) is 0 Å². The molecule has 1 N–H and O–H groups in total. The number of hydrogen-bond donors (Lipinski definition) is 1. The second-order valence-electron chi connectivity index (χ2n) is 3.50. The van der Waals surface area contributed by atoms with E-state index >= 15 is 0 Å². The summed E-state index contributed by atoms with van der Waals surface area (Å²) < 4.78 is 0. The summed E-state index contributed by atoms with van der Waals surface area (Å²) in [6.45, 7) is 5.46. The Labute approximate surface area is 84.9 Å². The lowest BCUT2D eigenvalue weighted by Gasteiger charge is -2.08. The fraction of sp³-hybridized carbons (Fsp3) is 0.455. The largest absolute Gasteiger partial charge is 0.385 e. The van der Waals surface area contributed by atoms with Crippen LogP contribution in [0.4, 0.5) is 5.69 Å². The van der Waals surface area contributed by atoms with Gasteiger partial charge in [0.2, 0.25) is 0 Å². The van der Waals surface area contributed by atoms with Gasteiger partial charge in [-0.15, -0.1) is 11.8 Å². The van der Waals surface area contributed by atoms with Gasteiger partial charge in [0, 0.05) is 17.1 Å². The topological polar surface area (TPSA) is 12.0 Å². The van der Waals surface area contributed by atoms with Crippen molar-refractivity contribution in [3.05, 3.63) is 24.3 Å². The molecule has 0 fully saturated rings. The number of benzene rings is 1. The van der Waals surface area contributed by atoms with Crippen LogP contribution in [0, 0.1) is 5.92 Å². The first-order valence-electron chi connectivity index (χ1n) is 4.60. The summed E-state index contributed by atoms with van der Waals surface area (Å²) in [5.74, 6) is 0.695. The van der Waals surface area contributed by atoms with E-state index in [-0.39, 0.29) is 0 Å². The zero-order valence-electron chi connectivity index (χ0n) is 8.50. The third kappa shape index (κ3) is 3.73. The SMILES string of the molecule is CSc1ccc(NCC(C)C)cc1. The summed E-state index contributed by atoms with van der Waals surface area (Å²) in [7, 11) is 0. The van der Waals surface area contributed by atoms with Crippen molar-refractivity contribution in [1.29, 1.82) is 0 Å². The first-order valence-corrected chi connectivity index (χ1v) is 5.82. The van der Waals surface area contributed by atoms with Crippen molar-refractivity contribution in [2.45, 2.75) is 18.7 Å². The van der Waals surface area contributed by atoms with Gasteiger partial charge < -0.3 is 5.32 Å². The van der Waals surface area contributed by atoms with Crippen LogP contribution in [0.25, 0.3) is 0 Å². The molecule has 0 saturated carbocycles. The van der Waals surface area contributed by atoms with E-state index in [0.29, 0.717) is 5.92 Å². The average molecular weight is 195 g/mol. The minimum Gasteiger partial charge on any atom is -0.385 e. The number of hydrogen-bond acceptors (Lipinski definition) is 2. The summed E-state index contributed by atoms with van der Waals surface area (Å²) in [6.07, 6.45) is 2.09. The lowest BCUT2D eigenvalue weighted by atomic mass is 10.2. The molecule has 1 aromatic rings. The number of nitrogens with one attached hydrogen (secondary N) is 1. The Morgan fingerprint density at radius 3 is 2.31 bits per heavy atom. The zero-order valence-corrected chi connectivity index (χ0v) is 9.32. The van der Waals surface area contributed by atoms with Crippen molar-refractivity contribution < 1.29 is 0 Å². The van der Waals surface area contributed by atoms with Gasteiger partial charge in [-0.2, -0.15) is 0 Å². The van der Waals surface area contributed by atoms with E-state index in [1.807, 2.05) is 0 Å². The van der Waals surface area contributed by atoms with Gasteiger partial charge in [0.25, 0.3) is 0 Å². The predicted octanol–water partition coefficient (Wildman–Crippen LogP) is 3.48. The van der Waals surface area contributed by atoms with E-state index in [1.54, 1.807) is 11.8 Å². The molecule has 13 heavy (non-hydrogen) atoms. The molecule has 0 spiro atoms. The molecule has 0 unspecified atom stereocenters. The lowest BCUT2D eigenvalue weighted by Crippen LogP contribution is -2.07. The quantitative estimate of drug-likeness (QED) is 0.738. The number of thioether (sulfide) groups is 1. The Morgan fingerprint density at radius 2 is 1.85 bits per heavy atom. The van der Waals surface area contributed by atoms with E-state index in [9.17, 15) is 0 Å². The summed E-state index contributed by atoms with van der Waals surface area (Å²) in [4.78, 5) is 1.31. The summed E-state index contributed by atoms with van der Waals surface area (Å²) in [6, 6.07) is 8.56. The van der Waals surface area contributed by atoms with Gasteiger partial charge in [-0.3, -0.25) is 0 Å². The molecule has 0 aliphatic rings. The van der Waals surface area contributed by atoms with Crippen LogP contribution in [0.2, 0.25) is 0 Å². The molecule has 72 valence electrons. The van der Waals surface area contributed by atoms with Crippen molar-refractivity contribution in [3.8, 4) is 0 Å². The standard InChI is InChI=1S/C11H17NS/c1-9(2)8-12-10-4-6-11(13-3)7-5-10/h4-7,9,12H,8H2,1-3H3. The monoisotopic (exact) mass is 195 g/mol. The molecule has 0 saturated heterocycles. The van der Waals surface area contributed by atoms with Gasteiger partial charge in [-0.25, -0.2) is 0 Å². The van der Waals surface area contributed by atoms with Crippen LogP contribution in [0.3, 0.4) is 0 Å². The summed E-state index contributed by atoms with van der Waals surface area (Å²) in [5, 5.41) is 3.39. The van der Waals surface area contributed by atoms with Gasteiger partial charge in [-0.1, -0.05) is 13.8 Å². The van der Waals surface area contributed by atoms with Crippen LogP contribution in [-0.2, 0) is 0 Å². The molecule has 0 aromatic heterocycles. The predicted molar refractivity (Wildman–Crippen MR) is 61.6 cm³/mol. The van der Waals surface area contributed by atoms with Crippen molar-refractivity contribution >= 4 is 17.4 Å². The van der Waals surface area contributed by atoms with Crippen LogP contribution in [-0.4, -0.2) is 12.8 Å². The van der Waals surface area contributed by atoms with E-state index in [4.69, 9.17) is 0 Å². The zero-order chi connectivity index (χ0) is 9.68. The second-order valence-corrected chi connectivity index (χ2v) is 4.38. The molecule has 1 nitrogen and oxygen atoms in total. The maximum absolute atomic E-state index is 3.39. The molecule has 2 heteroatoms. The van der Waals surface area contributed by atoms with Gasteiger partial charge in [0.05, 0.1) is 0 Å². The molecule has 1 aromatic carbocycles. The fourth-order valence-corrected chi connectivity index (χ4v) is 1.44. The minimum atomic E-state index is 0.695.